The first-order valence-corrected chi connectivity index (χ1v) is 7.79. The van der Waals surface area contributed by atoms with E-state index in [0.717, 1.165) is 0 Å². The van der Waals surface area contributed by atoms with Gasteiger partial charge in [0.25, 0.3) is 0 Å². The van der Waals surface area contributed by atoms with Crippen molar-refractivity contribution in [1.82, 2.24) is 0 Å². The zero-order valence-corrected chi connectivity index (χ0v) is 16.7. The van der Waals surface area contributed by atoms with Crippen molar-refractivity contribution in [1.29, 1.82) is 0 Å². The maximum Gasteiger partial charge on any atom is 0 e. The van der Waals surface area contributed by atoms with Crippen molar-refractivity contribution in [3.05, 3.63) is 107 Å². The Labute approximate surface area is 169 Å². The minimum absolute atomic E-state index is 0. The van der Waals surface area contributed by atoms with Gasteiger partial charge in [-0.05, 0) is 23.6 Å². The van der Waals surface area contributed by atoms with Crippen LogP contribution in [0, 0.1) is 13.0 Å². The van der Waals surface area contributed by atoms with Crippen molar-refractivity contribution in [3.63, 3.8) is 0 Å². The Morgan fingerprint density at radius 1 is 0.542 bits per heavy atom. The average molecular weight is 384 g/mol. The van der Waals surface area contributed by atoms with E-state index in [1.807, 2.05) is 12.1 Å². The molecule has 0 atom stereocenters. The van der Waals surface area contributed by atoms with E-state index in [1.165, 1.54) is 27.8 Å². The van der Waals surface area contributed by atoms with E-state index in [9.17, 15) is 0 Å². The van der Waals surface area contributed by atoms with Gasteiger partial charge in [-0.1, -0.05) is 78.4 Å². The van der Waals surface area contributed by atoms with Crippen LogP contribution >= 0.6 is 0 Å². The summed E-state index contributed by atoms with van der Waals surface area (Å²) in [6.07, 6.45) is 8.53. The van der Waals surface area contributed by atoms with Gasteiger partial charge in [-0.25, -0.2) is 0 Å². The minimum Gasteiger partial charge on any atom is -0.184 e. The molecule has 0 bridgehead atoms. The van der Waals surface area contributed by atoms with Crippen LogP contribution < -0.4 is 0 Å². The van der Waals surface area contributed by atoms with Crippen molar-refractivity contribution in [3.8, 4) is 0 Å². The molecule has 24 heavy (non-hydrogen) atoms. The molecule has 0 saturated heterocycles. The summed E-state index contributed by atoms with van der Waals surface area (Å²) in [7, 11) is 0. The summed E-state index contributed by atoms with van der Waals surface area (Å²) in [5.41, 5.74) is 6.10. The fourth-order valence-corrected chi connectivity index (χ4v) is 2.29. The molecule has 3 aromatic rings. The summed E-state index contributed by atoms with van der Waals surface area (Å²) < 4.78 is 0. The third kappa shape index (κ3) is 5.71. The Morgan fingerprint density at radius 3 is 1.29 bits per heavy atom. The quantitative estimate of drug-likeness (QED) is 0.375. The molecule has 115 valence electrons. The summed E-state index contributed by atoms with van der Waals surface area (Å²) >= 11 is 0. The third-order valence-electron chi connectivity index (χ3n) is 3.69. The molecular formula is C23H19Y-. The predicted molar refractivity (Wildman–Crippen MR) is 101 cm³/mol. The van der Waals surface area contributed by atoms with Crippen LogP contribution in [0.15, 0.2) is 72.8 Å². The first-order chi connectivity index (χ1) is 11.3. The zero-order valence-electron chi connectivity index (χ0n) is 13.8. The van der Waals surface area contributed by atoms with Crippen LogP contribution in [0.3, 0.4) is 0 Å². The first-order valence-electron chi connectivity index (χ1n) is 7.79. The molecular weight excluding hydrogens is 365 g/mol. The second-order valence-electron chi connectivity index (χ2n) is 5.58. The Kier molecular flexibility index (Phi) is 7.37. The van der Waals surface area contributed by atoms with Crippen molar-refractivity contribution < 1.29 is 32.7 Å². The maximum atomic E-state index is 3.03. The summed E-state index contributed by atoms with van der Waals surface area (Å²) in [6.45, 7) is 2.10. The zero-order chi connectivity index (χ0) is 15.9. The van der Waals surface area contributed by atoms with E-state index in [0.29, 0.717) is 0 Å². The molecule has 0 aliphatic carbocycles. The minimum atomic E-state index is 0. The molecule has 0 amide bonds. The fourth-order valence-electron chi connectivity index (χ4n) is 2.29. The second-order valence-corrected chi connectivity index (χ2v) is 5.58. The Balaban J connectivity index is 0.00000208. The van der Waals surface area contributed by atoms with Gasteiger partial charge in [0.05, 0.1) is 0 Å². The molecule has 0 aromatic heterocycles. The van der Waals surface area contributed by atoms with E-state index >= 15 is 0 Å². The van der Waals surface area contributed by atoms with Crippen molar-refractivity contribution in [2.45, 2.75) is 6.92 Å². The average Bonchev–Trinajstić information content (AvgIpc) is 2.61. The van der Waals surface area contributed by atoms with E-state index in [2.05, 4.69) is 98.0 Å². The fraction of sp³-hybridized carbons (Fsp3) is 0.0435. The van der Waals surface area contributed by atoms with E-state index < -0.39 is 0 Å². The van der Waals surface area contributed by atoms with E-state index in [4.69, 9.17) is 0 Å². The molecule has 0 spiro atoms. The number of aryl methyl sites for hydroxylation is 1. The standard InChI is InChI=1S/C23H19.Y/c1-19-7-9-21(10-8-19)13-14-23-17-15-22(16-18-23)12-11-20-5-3-2-4-6-20;/h3-18H,1H3;/q-1;/b12-11+,14-13+;. The van der Waals surface area contributed by atoms with Crippen molar-refractivity contribution in [2.24, 2.45) is 0 Å². The second kappa shape index (κ2) is 9.52. The Morgan fingerprint density at radius 2 is 0.875 bits per heavy atom. The number of rotatable bonds is 4. The molecule has 3 aromatic carbocycles. The first kappa shape index (κ1) is 18.6. The van der Waals surface area contributed by atoms with Crippen LogP contribution in [0.5, 0.6) is 0 Å². The number of hydrogen-bond acceptors (Lipinski definition) is 0. The van der Waals surface area contributed by atoms with Gasteiger partial charge in [0.15, 0.2) is 0 Å². The van der Waals surface area contributed by atoms with Crippen LogP contribution in [-0.2, 0) is 32.7 Å². The van der Waals surface area contributed by atoms with Gasteiger partial charge in [-0.15, -0.1) is 5.56 Å². The monoisotopic (exact) mass is 384 g/mol. The largest absolute Gasteiger partial charge is 0.184 e. The molecule has 0 unspecified atom stereocenters. The third-order valence-corrected chi connectivity index (χ3v) is 3.69. The van der Waals surface area contributed by atoms with Crippen LogP contribution in [0.1, 0.15) is 27.8 Å². The predicted octanol–water partition coefficient (Wildman–Crippen LogP) is 6.13. The molecule has 0 N–H and O–H groups in total. The smallest absolute Gasteiger partial charge is 0 e. The topological polar surface area (TPSA) is 0 Å². The molecule has 0 aliphatic heterocycles. The molecule has 3 rings (SSSR count). The van der Waals surface area contributed by atoms with E-state index in [1.54, 1.807) is 0 Å². The number of benzene rings is 3. The van der Waals surface area contributed by atoms with Crippen LogP contribution in [0.4, 0.5) is 0 Å². The summed E-state index contributed by atoms with van der Waals surface area (Å²) in [4.78, 5) is 0. The Bertz CT molecular complexity index is 795. The van der Waals surface area contributed by atoms with Gasteiger partial charge in [0, 0.05) is 32.7 Å². The van der Waals surface area contributed by atoms with Crippen LogP contribution in [0.2, 0.25) is 0 Å². The summed E-state index contributed by atoms with van der Waals surface area (Å²) in [6, 6.07) is 28.1. The normalized spacial score (nSPS) is 10.9. The summed E-state index contributed by atoms with van der Waals surface area (Å²) in [5, 5.41) is 0. The van der Waals surface area contributed by atoms with Gasteiger partial charge < -0.3 is 0 Å². The van der Waals surface area contributed by atoms with Gasteiger partial charge in [0.1, 0.15) is 0 Å². The van der Waals surface area contributed by atoms with Gasteiger partial charge >= 0.3 is 0 Å². The van der Waals surface area contributed by atoms with Crippen molar-refractivity contribution in [2.75, 3.05) is 0 Å². The molecule has 0 heterocycles. The van der Waals surface area contributed by atoms with E-state index in [-0.39, 0.29) is 32.7 Å². The molecule has 0 saturated carbocycles. The summed E-state index contributed by atoms with van der Waals surface area (Å²) in [5.74, 6) is 0. The molecule has 1 radical (unpaired) electrons. The number of hydrogen-bond donors (Lipinski definition) is 0. The van der Waals surface area contributed by atoms with Gasteiger partial charge in [0.2, 0.25) is 0 Å². The maximum absolute atomic E-state index is 3.03. The Hall–Kier alpha value is -1.76. The van der Waals surface area contributed by atoms with Crippen LogP contribution in [-0.4, -0.2) is 0 Å². The van der Waals surface area contributed by atoms with Gasteiger partial charge in [-0.2, -0.15) is 30.3 Å². The van der Waals surface area contributed by atoms with Gasteiger partial charge in [-0.3, -0.25) is 0 Å². The molecule has 0 nitrogen and oxygen atoms in total. The SMILES string of the molecule is Cc1ccc(/C=C/c2ccc(/C=C/c3cc[c-]cc3)cc2)cc1.[Y]. The molecule has 0 aliphatic rings. The molecule has 0 fully saturated rings. The molecule has 1 heteroatoms. The van der Waals surface area contributed by atoms with Crippen LogP contribution in [0.25, 0.3) is 24.3 Å². The van der Waals surface area contributed by atoms with Crippen molar-refractivity contribution >= 4 is 24.3 Å².